The Bertz CT molecular complexity index is 628. The third-order valence-corrected chi connectivity index (χ3v) is 4.43. The lowest BCUT2D eigenvalue weighted by atomic mass is 10.0. The Hall–Kier alpha value is -2.08. The second kappa shape index (κ2) is 9.57. The van der Waals surface area contributed by atoms with Gasteiger partial charge in [-0.3, -0.25) is 4.79 Å². The molecular weight excluding hydrogens is 328 g/mol. The molecule has 1 aromatic rings. The fourth-order valence-electron chi connectivity index (χ4n) is 2.82. The molecule has 1 fully saturated rings. The number of likely N-dealkylation sites (N-methyl/N-ethyl adjacent to an activating group) is 1. The summed E-state index contributed by atoms with van der Waals surface area (Å²) in [5.74, 6) is 1.28. The number of carbonyl (C=O) groups excluding carboxylic acids is 1. The van der Waals surface area contributed by atoms with Crippen LogP contribution in [0.5, 0.6) is 0 Å². The Kier molecular flexibility index (Phi) is 7.45. The topological polar surface area (TPSA) is 57.2 Å². The first-order valence-electron chi connectivity index (χ1n) is 9.29. The number of hydrogen-bond acceptors (Lipinski definition) is 3. The standard InChI is InChI=1S/C20H32N4O2/c1-15(2)12-21-20(22-13-19(25)23(4)5)24-10-11-26-18(14-24)17-9-7-6-8-16(17)3/h6-9,15,18H,10-14H2,1-5H3,(H,21,22). The van der Waals surface area contributed by atoms with Crippen molar-refractivity contribution in [2.45, 2.75) is 26.9 Å². The van der Waals surface area contributed by atoms with E-state index in [1.165, 1.54) is 11.1 Å². The van der Waals surface area contributed by atoms with Gasteiger partial charge in [0.25, 0.3) is 0 Å². The summed E-state index contributed by atoms with van der Waals surface area (Å²) in [6, 6.07) is 8.33. The van der Waals surface area contributed by atoms with E-state index in [0.29, 0.717) is 12.5 Å². The summed E-state index contributed by atoms with van der Waals surface area (Å²) >= 11 is 0. The number of aliphatic imine (C=N–C) groups is 1. The first kappa shape index (κ1) is 20.2. The van der Waals surface area contributed by atoms with Gasteiger partial charge in [0.15, 0.2) is 5.96 Å². The Morgan fingerprint density at radius 1 is 1.38 bits per heavy atom. The van der Waals surface area contributed by atoms with Crippen LogP contribution < -0.4 is 5.32 Å². The Balaban J connectivity index is 2.13. The van der Waals surface area contributed by atoms with E-state index in [9.17, 15) is 4.79 Å². The summed E-state index contributed by atoms with van der Waals surface area (Å²) in [4.78, 5) is 20.3. The van der Waals surface area contributed by atoms with Gasteiger partial charge in [-0.05, 0) is 24.0 Å². The molecule has 6 nitrogen and oxygen atoms in total. The molecule has 1 heterocycles. The van der Waals surface area contributed by atoms with E-state index >= 15 is 0 Å². The van der Waals surface area contributed by atoms with E-state index in [4.69, 9.17) is 4.74 Å². The highest BCUT2D eigenvalue weighted by molar-refractivity contribution is 5.85. The lowest BCUT2D eigenvalue weighted by Crippen LogP contribution is -2.49. The Labute approximate surface area is 157 Å². The predicted octanol–water partition coefficient (Wildman–Crippen LogP) is 2.06. The van der Waals surface area contributed by atoms with Gasteiger partial charge in [0, 0.05) is 27.2 Å². The third kappa shape index (κ3) is 5.73. The smallest absolute Gasteiger partial charge is 0.243 e. The van der Waals surface area contributed by atoms with Crippen molar-refractivity contribution in [2.75, 3.05) is 46.9 Å². The van der Waals surface area contributed by atoms with Crippen LogP contribution in [-0.4, -0.2) is 68.5 Å². The fraction of sp³-hybridized carbons (Fsp3) is 0.600. The fourth-order valence-corrected chi connectivity index (χ4v) is 2.82. The van der Waals surface area contributed by atoms with Crippen molar-refractivity contribution in [2.24, 2.45) is 10.9 Å². The zero-order valence-electron chi connectivity index (χ0n) is 16.7. The highest BCUT2D eigenvalue weighted by atomic mass is 16.5. The summed E-state index contributed by atoms with van der Waals surface area (Å²) in [5.41, 5.74) is 2.44. The van der Waals surface area contributed by atoms with Gasteiger partial charge in [-0.2, -0.15) is 0 Å². The minimum absolute atomic E-state index is 0.00226. The number of nitrogens with one attached hydrogen (secondary N) is 1. The molecule has 2 rings (SSSR count). The molecule has 0 aliphatic carbocycles. The third-order valence-electron chi connectivity index (χ3n) is 4.43. The van der Waals surface area contributed by atoms with Gasteiger partial charge in [-0.15, -0.1) is 0 Å². The maximum Gasteiger partial charge on any atom is 0.243 e. The van der Waals surface area contributed by atoms with Crippen LogP contribution in [0.4, 0.5) is 0 Å². The van der Waals surface area contributed by atoms with E-state index in [-0.39, 0.29) is 18.6 Å². The summed E-state index contributed by atoms with van der Waals surface area (Å²) in [6.45, 7) is 9.53. The lowest BCUT2D eigenvalue weighted by molar-refractivity contribution is -0.127. The van der Waals surface area contributed by atoms with E-state index in [1.807, 2.05) is 12.1 Å². The number of guanidine groups is 1. The average Bonchev–Trinajstić information content (AvgIpc) is 2.61. The molecule has 0 saturated carbocycles. The number of nitrogens with zero attached hydrogens (tertiary/aromatic N) is 3. The highest BCUT2D eigenvalue weighted by Gasteiger charge is 2.25. The summed E-state index contributed by atoms with van der Waals surface area (Å²) < 4.78 is 6.02. The van der Waals surface area contributed by atoms with Crippen LogP contribution in [0, 0.1) is 12.8 Å². The molecular formula is C20H32N4O2. The van der Waals surface area contributed by atoms with E-state index in [0.717, 1.165) is 25.6 Å². The van der Waals surface area contributed by atoms with Crippen LogP contribution in [0.3, 0.4) is 0 Å². The van der Waals surface area contributed by atoms with Crippen molar-refractivity contribution in [3.8, 4) is 0 Å². The van der Waals surface area contributed by atoms with Crippen LogP contribution in [0.15, 0.2) is 29.3 Å². The summed E-state index contributed by atoms with van der Waals surface area (Å²) in [6.07, 6.45) is 0.0144. The van der Waals surface area contributed by atoms with Crippen LogP contribution in [0.2, 0.25) is 0 Å². The average molecular weight is 361 g/mol. The van der Waals surface area contributed by atoms with Crippen LogP contribution in [-0.2, 0) is 9.53 Å². The van der Waals surface area contributed by atoms with Gasteiger partial charge in [0.2, 0.25) is 5.91 Å². The predicted molar refractivity (Wildman–Crippen MR) is 105 cm³/mol. The van der Waals surface area contributed by atoms with Gasteiger partial charge < -0.3 is 19.9 Å². The molecule has 1 N–H and O–H groups in total. The van der Waals surface area contributed by atoms with Crippen molar-refractivity contribution in [3.63, 3.8) is 0 Å². The maximum atomic E-state index is 11.9. The summed E-state index contributed by atoms with van der Waals surface area (Å²) in [7, 11) is 3.50. The minimum atomic E-state index is -0.00226. The molecule has 1 unspecified atom stereocenters. The quantitative estimate of drug-likeness (QED) is 0.645. The van der Waals surface area contributed by atoms with Crippen molar-refractivity contribution in [1.29, 1.82) is 0 Å². The number of morpholine rings is 1. The van der Waals surface area contributed by atoms with Crippen LogP contribution in [0.25, 0.3) is 0 Å². The van der Waals surface area contributed by atoms with Gasteiger partial charge in [-0.1, -0.05) is 38.1 Å². The van der Waals surface area contributed by atoms with Crippen molar-refractivity contribution in [3.05, 3.63) is 35.4 Å². The second-order valence-electron chi connectivity index (χ2n) is 7.36. The molecule has 0 radical (unpaired) electrons. The molecule has 6 heteroatoms. The molecule has 26 heavy (non-hydrogen) atoms. The normalized spacial score (nSPS) is 18.2. The zero-order valence-corrected chi connectivity index (χ0v) is 16.7. The first-order chi connectivity index (χ1) is 12.4. The molecule has 1 aliphatic heterocycles. The molecule has 144 valence electrons. The second-order valence-corrected chi connectivity index (χ2v) is 7.36. The lowest BCUT2D eigenvalue weighted by Gasteiger charge is -2.36. The number of hydrogen-bond donors (Lipinski definition) is 1. The monoisotopic (exact) mass is 360 g/mol. The van der Waals surface area contributed by atoms with E-state index < -0.39 is 0 Å². The number of ether oxygens (including phenoxy) is 1. The molecule has 0 spiro atoms. The van der Waals surface area contributed by atoms with Gasteiger partial charge >= 0.3 is 0 Å². The molecule has 1 aliphatic rings. The van der Waals surface area contributed by atoms with Gasteiger partial charge in [0.05, 0.1) is 13.2 Å². The number of amides is 1. The molecule has 1 amide bonds. The van der Waals surface area contributed by atoms with E-state index in [2.05, 4.69) is 48.1 Å². The first-order valence-corrected chi connectivity index (χ1v) is 9.29. The number of carbonyl (C=O) groups is 1. The minimum Gasteiger partial charge on any atom is -0.370 e. The van der Waals surface area contributed by atoms with Gasteiger partial charge in [-0.25, -0.2) is 4.99 Å². The Morgan fingerprint density at radius 3 is 2.77 bits per heavy atom. The van der Waals surface area contributed by atoms with Crippen molar-refractivity contribution < 1.29 is 9.53 Å². The van der Waals surface area contributed by atoms with Crippen LogP contribution >= 0.6 is 0 Å². The van der Waals surface area contributed by atoms with E-state index in [1.54, 1.807) is 19.0 Å². The Morgan fingerprint density at radius 2 is 2.12 bits per heavy atom. The molecule has 1 saturated heterocycles. The number of aryl methyl sites for hydroxylation is 1. The molecule has 1 aromatic carbocycles. The number of rotatable bonds is 5. The highest BCUT2D eigenvalue weighted by Crippen LogP contribution is 2.25. The van der Waals surface area contributed by atoms with Gasteiger partial charge in [0.1, 0.15) is 12.6 Å². The molecule has 0 aromatic heterocycles. The van der Waals surface area contributed by atoms with Crippen LogP contribution in [0.1, 0.15) is 31.1 Å². The molecule has 1 atom stereocenters. The summed E-state index contributed by atoms with van der Waals surface area (Å²) in [5, 5.41) is 3.42. The largest absolute Gasteiger partial charge is 0.370 e. The molecule has 0 bridgehead atoms. The van der Waals surface area contributed by atoms with Crippen molar-refractivity contribution in [1.82, 2.24) is 15.1 Å². The van der Waals surface area contributed by atoms with Crippen molar-refractivity contribution >= 4 is 11.9 Å². The SMILES string of the molecule is Cc1ccccc1C1CN(C(=NCC(=O)N(C)C)NCC(C)C)CCO1. The zero-order chi connectivity index (χ0) is 19.1. The maximum absolute atomic E-state index is 11.9. The number of benzene rings is 1.